The summed E-state index contributed by atoms with van der Waals surface area (Å²) in [5.74, 6) is 0.983. The van der Waals surface area contributed by atoms with Crippen molar-refractivity contribution in [3.63, 3.8) is 0 Å². The smallest absolute Gasteiger partial charge is 0.337 e. The fourth-order valence-corrected chi connectivity index (χ4v) is 1.76. The largest absolute Gasteiger partial charge is 0.487 e. The molecular weight excluding hydrogens is 262 g/mol. The first-order valence-electron chi connectivity index (χ1n) is 5.93. The van der Waals surface area contributed by atoms with E-state index in [0.717, 1.165) is 0 Å². The van der Waals surface area contributed by atoms with Crippen LogP contribution in [0.15, 0.2) is 36.5 Å². The molecule has 0 saturated carbocycles. The number of carbonyl (C=O) groups is 1. The summed E-state index contributed by atoms with van der Waals surface area (Å²) >= 11 is 0. The molecule has 1 aliphatic heterocycles. The van der Waals surface area contributed by atoms with Crippen molar-refractivity contribution in [3.8, 4) is 17.2 Å². The fourth-order valence-electron chi connectivity index (χ4n) is 1.76. The standard InChI is InChI=1S/C14H11NO5/c16-14(17)9-1-2-10(15-6-9)7-18-11-3-4-12-13(5-11)20-8-19-12/h1-6H,7-8H2,(H,16,17). The van der Waals surface area contributed by atoms with Crippen molar-refractivity contribution in [2.45, 2.75) is 6.61 Å². The van der Waals surface area contributed by atoms with Crippen LogP contribution in [0.4, 0.5) is 0 Å². The molecule has 1 N–H and O–H groups in total. The summed E-state index contributed by atoms with van der Waals surface area (Å²) in [6.45, 7) is 0.469. The third-order valence-electron chi connectivity index (χ3n) is 2.80. The molecule has 6 nitrogen and oxygen atoms in total. The van der Waals surface area contributed by atoms with Gasteiger partial charge in [0.15, 0.2) is 11.5 Å². The number of pyridine rings is 1. The van der Waals surface area contributed by atoms with Crippen molar-refractivity contribution in [2.75, 3.05) is 6.79 Å². The Morgan fingerprint density at radius 1 is 1.25 bits per heavy atom. The number of nitrogens with zero attached hydrogens (tertiary/aromatic N) is 1. The maximum Gasteiger partial charge on any atom is 0.337 e. The van der Waals surface area contributed by atoms with E-state index in [4.69, 9.17) is 19.3 Å². The van der Waals surface area contributed by atoms with Crippen molar-refractivity contribution in [3.05, 3.63) is 47.8 Å². The van der Waals surface area contributed by atoms with Crippen LogP contribution in [0.5, 0.6) is 17.2 Å². The average Bonchev–Trinajstić information content (AvgIpc) is 2.93. The molecule has 2 aromatic rings. The Morgan fingerprint density at radius 3 is 2.85 bits per heavy atom. The Balaban J connectivity index is 1.65. The first kappa shape index (κ1) is 12.3. The molecule has 0 aliphatic carbocycles. The van der Waals surface area contributed by atoms with Crippen molar-refractivity contribution < 1.29 is 24.1 Å². The molecule has 1 aliphatic rings. The minimum Gasteiger partial charge on any atom is -0.487 e. The van der Waals surface area contributed by atoms with Crippen molar-refractivity contribution in [1.29, 1.82) is 0 Å². The third-order valence-corrected chi connectivity index (χ3v) is 2.80. The monoisotopic (exact) mass is 273 g/mol. The van der Waals surface area contributed by atoms with Gasteiger partial charge in [0.1, 0.15) is 12.4 Å². The topological polar surface area (TPSA) is 77.9 Å². The zero-order chi connectivity index (χ0) is 13.9. The van der Waals surface area contributed by atoms with Crippen LogP contribution in [0.3, 0.4) is 0 Å². The van der Waals surface area contributed by atoms with Gasteiger partial charge in [-0.25, -0.2) is 4.79 Å². The molecule has 0 spiro atoms. The molecule has 0 radical (unpaired) electrons. The number of carboxylic acids is 1. The number of hydrogen-bond acceptors (Lipinski definition) is 5. The zero-order valence-electron chi connectivity index (χ0n) is 10.4. The van der Waals surface area contributed by atoms with Crippen LogP contribution in [0.1, 0.15) is 16.1 Å². The van der Waals surface area contributed by atoms with E-state index in [2.05, 4.69) is 4.98 Å². The van der Waals surface area contributed by atoms with E-state index >= 15 is 0 Å². The molecule has 6 heteroatoms. The van der Waals surface area contributed by atoms with Crippen LogP contribution in [0, 0.1) is 0 Å². The average molecular weight is 273 g/mol. The molecule has 0 bridgehead atoms. The second kappa shape index (κ2) is 5.08. The van der Waals surface area contributed by atoms with Gasteiger partial charge in [-0.2, -0.15) is 0 Å². The first-order valence-corrected chi connectivity index (χ1v) is 5.93. The summed E-state index contributed by atoms with van der Waals surface area (Å²) in [6, 6.07) is 8.41. The van der Waals surface area contributed by atoms with Gasteiger partial charge in [0.25, 0.3) is 0 Å². The van der Waals surface area contributed by atoms with Crippen LogP contribution in [0.25, 0.3) is 0 Å². The maximum absolute atomic E-state index is 10.7. The van der Waals surface area contributed by atoms with Crippen LogP contribution >= 0.6 is 0 Å². The summed E-state index contributed by atoms with van der Waals surface area (Å²) in [6.07, 6.45) is 1.31. The first-order chi connectivity index (χ1) is 9.72. The highest BCUT2D eigenvalue weighted by molar-refractivity contribution is 5.87. The summed E-state index contributed by atoms with van der Waals surface area (Å²) in [5.41, 5.74) is 0.796. The Bertz CT molecular complexity index is 639. The number of aromatic carboxylic acids is 1. The van der Waals surface area contributed by atoms with Gasteiger partial charge in [0, 0.05) is 12.3 Å². The van der Waals surface area contributed by atoms with E-state index in [1.54, 1.807) is 24.3 Å². The Hall–Kier alpha value is -2.76. The van der Waals surface area contributed by atoms with Gasteiger partial charge >= 0.3 is 5.97 Å². The lowest BCUT2D eigenvalue weighted by Crippen LogP contribution is -2.01. The molecule has 0 saturated heterocycles. The SMILES string of the molecule is O=C(O)c1ccc(COc2ccc3c(c2)OCO3)nc1. The van der Waals surface area contributed by atoms with Crippen molar-refractivity contribution in [1.82, 2.24) is 4.98 Å². The third kappa shape index (κ3) is 2.49. The van der Waals surface area contributed by atoms with Crippen LogP contribution in [-0.2, 0) is 6.61 Å². The number of carboxylic acid groups (broad SMARTS) is 1. The van der Waals surface area contributed by atoms with Crippen LogP contribution in [-0.4, -0.2) is 22.9 Å². The van der Waals surface area contributed by atoms with Crippen molar-refractivity contribution in [2.24, 2.45) is 0 Å². The Kier molecular flexibility index (Phi) is 3.12. The molecule has 0 fully saturated rings. The predicted octanol–water partition coefficient (Wildman–Crippen LogP) is 2.09. The van der Waals surface area contributed by atoms with E-state index in [9.17, 15) is 4.79 Å². The van der Waals surface area contributed by atoms with E-state index < -0.39 is 5.97 Å². The number of aromatic nitrogens is 1. The zero-order valence-corrected chi connectivity index (χ0v) is 10.4. The highest BCUT2D eigenvalue weighted by atomic mass is 16.7. The molecule has 1 aromatic carbocycles. The lowest BCUT2D eigenvalue weighted by molar-refractivity contribution is 0.0696. The summed E-state index contributed by atoms with van der Waals surface area (Å²) in [7, 11) is 0. The normalized spacial score (nSPS) is 12.2. The highest BCUT2D eigenvalue weighted by Crippen LogP contribution is 2.35. The fraction of sp³-hybridized carbons (Fsp3) is 0.143. The van der Waals surface area contributed by atoms with Crippen LogP contribution < -0.4 is 14.2 Å². The van der Waals surface area contributed by atoms with Gasteiger partial charge in [-0.15, -0.1) is 0 Å². The van der Waals surface area contributed by atoms with Gasteiger partial charge in [0.05, 0.1) is 11.3 Å². The van der Waals surface area contributed by atoms with Crippen LogP contribution in [0.2, 0.25) is 0 Å². The number of ether oxygens (including phenoxy) is 3. The van der Waals surface area contributed by atoms with Gasteiger partial charge in [-0.3, -0.25) is 4.98 Å². The lowest BCUT2D eigenvalue weighted by Gasteiger charge is -2.06. The number of rotatable bonds is 4. The van der Waals surface area contributed by atoms with Gasteiger partial charge in [-0.05, 0) is 24.3 Å². The molecule has 0 amide bonds. The predicted molar refractivity (Wildman–Crippen MR) is 68.1 cm³/mol. The number of fused-ring (bicyclic) bond motifs is 1. The molecule has 2 heterocycles. The molecule has 3 rings (SSSR count). The summed E-state index contributed by atoms with van der Waals surface area (Å²) in [4.78, 5) is 14.7. The van der Waals surface area contributed by atoms with E-state index in [1.807, 2.05) is 0 Å². The number of benzene rings is 1. The maximum atomic E-state index is 10.7. The molecule has 20 heavy (non-hydrogen) atoms. The van der Waals surface area contributed by atoms with Gasteiger partial charge in [0.2, 0.25) is 6.79 Å². The van der Waals surface area contributed by atoms with E-state index in [-0.39, 0.29) is 19.0 Å². The summed E-state index contributed by atoms with van der Waals surface area (Å²) < 4.78 is 16.0. The number of hydrogen-bond donors (Lipinski definition) is 1. The molecule has 1 aromatic heterocycles. The molecule has 102 valence electrons. The van der Waals surface area contributed by atoms with Gasteiger partial charge in [-0.1, -0.05) is 0 Å². The second-order valence-corrected chi connectivity index (χ2v) is 4.15. The van der Waals surface area contributed by atoms with E-state index in [0.29, 0.717) is 22.9 Å². The summed E-state index contributed by atoms with van der Waals surface area (Å²) in [5, 5.41) is 8.78. The second-order valence-electron chi connectivity index (χ2n) is 4.15. The molecular formula is C14H11NO5. The molecule has 0 atom stereocenters. The highest BCUT2D eigenvalue weighted by Gasteiger charge is 2.13. The minimum absolute atomic E-state index is 0.150. The Labute approximate surface area is 114 Å². The Morgan fingerprint density at radius 2 is 2.10 bits per heavy atom. The van der Waals surface area contributed by atoms with E-state index in [1.165, 1.54) is 12.3 Å². The van der Waals surface area contributed by atoms with Gasteiger partial charge < -0.3 is 19.3 Å². The molecule has 0 unspecified atom stereocenters. The minimum atomic E-state index is -0.999. The lowest BCUT2D eigenvalue weighted by atomic mass is 10.2. The quantitative estimate of drug-likeness (QED) is 0.919. The van der Waals surface area contributed by atoms with Crippen molar-refractivity contribution >= 4 is 5.97 Å².